The van der Waals surface area contributed by atoms with Gasteiger partial charge in [0, 0.05) is 19.1 Å². The lowest BCUT2D eigenvalue weighted by molar-refractivity contribution is 0.0945. The molecule has 0 spiro atoms. The first-order valence-corrected chi connectivity index (χ1v) is 8.59. The molecule has 0 saturated carbocycles. The van der Waals surface area contributed by atoms with Gasteiger partial charge in [0.2, 0.25) is 0 Å². The van der Waals surface area contributed by atoms with Crippen LogP contribution in [0.4, 0.5) is 0 Å². The first kappa shape index (κ1) is 17.5. The second-order valence-corrected chi connectivity index (χ2v) is 6.11. The van der Waals surface area contributed by atoms with Crippen LogP contribution in [-0.2, 0) is 11.3 Å². The number of benzene rings is 1. The van der Waals surface area contributed by atoms with Gasteiger partial charge in [-0.05, 0) is 31.2 Å². The monoisotopic (exact) mass is 315 g/mol. The van der Waals surface area contributed by atoms with Crippen molar-refractivity contribution in [1.29, 1.82) is 0 Å². The molecular weight excluding hydrogens is 286 g/mol. The van der Waals surface area contributed by atoms with E-state index in [1.165, 1.54) is 5.56 Å². The molecule has 2 rings (SSSR count). The van der Waals surface area contributed by atoms with E-state index in [0.717, 1.165) is 38.5 Å². The van der Waals surface area contributed by atoms with Gasteiger partial charge in [-0.1, -0.05) is 49.4 Å². The van der Waals surface area contributed by atoms with Crippen LogP contribution in [-0.4, -0.2) is 31.7 Å². The maximum Gasteiger partial charge on any atom is 0.191 e. The fourth-order valence-corrected chi connectivity index (χ4v) is 2.50. The summed E-state index contributed by atoms with van der Waals surface area (Å²) in [5.74, 6) is 1.31. The summed E-state index contributed by atoms with van der Waals surface area (Å²) >= 11 is 0. The SMILES string of the molecule is CCNC(=NCC(C)COCc1ccccc1)NC1CC=CC1. The number of nitrogens with one attached hydrogen (secondary N) is 2. The lowest BCUT2D eigenvalue weighted by atomic mass is 10.2. The first-order chi connectivity index (χ1) is 11.3. The molecule has 4 heteroatoms. The molecule has 2 N–H and O–H groups in total. The van der Waals surface area contributed by atoms with Crippen LogP contribution in [0.25, 0.3) is 0 Å². The van der Waals surface area contributed by atoms with Crippen molar-refractivity contribution in [3.63, 3.8) is 0 Å². The van der Waals surface area contributed by atoms with Crippen molar-refractivity contribution in [2.75, 3.05) is 19.7 Å². The largest absolute Gasteiger partial charge is 0.376 e. The van der Waals surface area contributed by atoms with Crippen LogP contribution in [0.15, 0.2) is 47.5 Å². The second kappa shape index (κ2) is 10.1. The molecule has 1 atom stereocenters. The molecule has 0 aromatic heterocycles. The molecule has 0 saturated heterocycles. The van der Waals surface area contributed by atoms with E-state index in [1.54, 1.807) is 0 Å². The number of nitrogens with zero attached hydrogens (tertiary/aromatic N) is 1. The molecule has 0 radical (unpaired) electrons. The third kappa shape index (κ3) is 6.87. The molecule has 1 aliphatic carbocycles. The normalized spacial score (nSPS) is 16.5. The summed E-state index contributed by atoms with van der Waals surface area (Å²) < 4.78 is 5.79. The Morgan fingerprint density at radius 1 is 1.26 bits per heavy atom. The molecule has 0 heterocycles. The maximum atomic E-state index is 5.79. The number of aliphatic imine (C=N–C) groups is 1. The zero-order valence-corrected chi connectivity index (χ0v) is 14.3. The molecule has 0 aliphatic heterocycles. The van der Waals surface area contributed by atoms with Crippen molar-refractivity contribution < 1.29 is 4.74 Å². The predicted molar refractivity (Wildman–Crippen MR) is 96.5 cm³/mol. The standard InChI is InChI=1S/C19H29N3O/c1-3-20-19(22-18-11-7-8-12-18)21-13-16(2)14-23-15-17-9-5-4-6-10-17/h4-10,16,18H,3,11-15H2,1-2H3,(H2,20,21,22). The number of hydrogen-bond acceptors (Lipinski definition) is 2. The summed E-state index contributed by atoms with van der Waals surface area (Å²) in [5.41, 5.74) is 1.21. The molecule has 0 fully saturated rings. The smallest absolute Gasteiger partial charge is 0.191 e. The fourth-order valence-electron chi connectivity index (χ4n) is 2.50. The van der Waals surface area contributed by atoms with Crippen LogP contribution in [0.5, 0.6) is 0 Å². The van der Waals surface area contributed by atoms with E-state index in [0.29, 0.717) is 18.6 Å². The Labute approximate surface area is 140 Å². The fraction of sp³-hybridized carbons (Fsp3) is 0.526. The quantitative estimate of drug-likeness (QED) is 0.440. The first-order valence-electron chi connectivity index (χ1n) is 8.59. The zero-order valence-electron chi connectivity index (χ0n) is 14.3. The highest BCUT2D eigenvalue weighted by atomic mass is 16.5. The average molecular weight is 315 g/mol. The van der Waals surface area contributed by atoms with Crippen LogP contribution in [0.1, 0.15) is 32.3 Å². The van der Waals surface area contributed by atoms with E-state index in [9.17, 15) is 0 Å². The Kier molecular flexibility index (Phi) is 7.67. The van der Waals surface area contributed by atoms with Crippen molar-refractivity contribution in [1.82, 2.24) is 10.6 Å². The van der Waals surface area contributed by atoms with Gasteiger partial charge >= 0.3 is 0 Å². The number of hydrogen-bond donors (Lipinski definition) is 2. The van der Waals surface area contributed by atoms with E-state index in [1.807, 2.05) is 18.2 Å². The number of rotatable bonds is 8. The van der Waals surface area contributed by atoms with E-state index in [2.05, 4.69) is 53.8 Å². The van der Waals surface area contributed by atoms with Gasteiger partial charge in [-0.2, -0.15) is 0 Å². The minimum atomic E-state index is 0.399. The average Bonchev–Trinajstić information content (AvgIpc) is 3.07. The van der Waals surface area contributed by atoms with Crippen molar-refractivity contribution >= 4 is 5.96 Å². The molecule has 4 nitrogen and oxygen atoms in total. The summed E-state index contributed by atoms with van der Waals surface area (Å²) in [6.45, 7) is 7.31. The van der Waals surface area contributed by atoms with Gasteiger partial charge in [0.25, 0.3) is 0 Å². The van der Waals surface area contributed by atoms with Gasteiger partial charge in [-0.3, -0.25) is 4.99 Å². The summed E-state index contributed by atoms with van der Waals surface area (Å²) in [5, 5.41) is 6.81. The highest BCUT2D eigenvalue weighted by Crippen LogP contribution is 2.09. The van der Waals surface area contributed by atoms with Gasteiger partial charge in [-0.25, -0.2) is 0 Å². The molecular formula is C19H29N3O. The molecule has 0 bridgehead atoms. The van der Waals surface area contributed by atoms with Crippen LogP contribution in [0.2, 0.25) is 0 Å². The van der Waals surface area contributed by atoms with Crippen molar-refractivity contribution in [3.05, 3.63) is 48.0 Å². The highest BCUT2D eigenvalue weighted by Gasteiger charge is 2.11. The molecule has 1 aromatic rings. The van der Waals surface area contributed by atoms with Crippen molar-refractivity contribution in [2.24, 2.45) is 10.9 Å². The number of ether oxygens (including phenoxy) is 1. The molecule has 126 valence electrons. The molecule has 1 unspecified atom stereocenters. The predicted octanol–water partition coefficient (Wildman–Crippen LogP) is 3.11. The molecule has 1 aromatic carbocycles. The minimum absolute atomic E-state index is 0.399. The second-order valence-electron chi connectivity index (χ2n) is 6.11. The molecule has 0 amide bonds. The molecule has 1 aliphatic rings. The van der Waals surface area contributed by atoms with Gasteiger partial charge in [-0.15, -0.1) is 0 Å². The van der Waals surface area contributed by atoms with Crippen LogP contribution < -0.4 is 10.6 Å². The van der Waals surface area contributed by atoms with Crippen LogP contribution in [0.3, 0.4) is 0 Å². The van der Waals surface area contributed by atoms with Gasteiger partial charge in [0.15, 0.2) is 5.96 Å². The summed E-state index contributed by atoms with van der Waals surface area (Å²) in [4.78, 5) is 4.69. The van der Waals surface area contributed by atoms with Gasteiger partial charge in [0.05, 0.1) is 13.2 Å². The third-order valence-corrected chi connectivity index (χ3v) is 3.77. The zero-order chi connectivity index (χ0) is 16.3. The lowest BCUT2D eigenvalue weighted by Gasteiger charge is -2.17. The lowest BCUT2D eigenvalue weighted by Crippen LogP contribution is -2.42. The van der Waals surface area contributed by atoms with Crippen molar-refractivity contribution in [3.8, 4) is 0 Å². The van der Waals surface area contributed by atoms with Crippen molar-refractivity contribution in [2.45, 2.75) is 39.3 Å². The van der Waals surface area contributed by atoms with E-state index >= 15 is 0 Å². The Bertz CT molecular complexity index is 491. The Morgan fingerprint density at radius 3 is 2.70 bits per heavy atom. The maximum absolute atomic E-state index is 5.79. The van der Waals surface area contributed by atoms with E-state index in [4.69, 9.17) is 4.74 Å². The third-order valence-electron chi connectivity index (χ3n) is 3.77. The minimum Gasteiger partial charge on any atom is -0.376 e. The Morgan fingerprint density at radius 2 is 2.00 bits per heavy atom. The summed E-state index contributed by atoms with van der Waals surface area (Å²) in [6, 6.07) is 10.8. The topological polar surface area (TPSA) is 45.7 Å². The Hall–Kier alpha value is -1.81. The van der Waals surface area contributed by atoms with Gasteiger partial charge in [0.1, 0.15) is 0 Å². The van der Waals surface area contributed by atoms with Crippen LogP contribution >= 0.6 is 0 Å². The Balaban J connectivity index is 1.69. The van der Waals surface area contributed by atoms with E-state index < -0.39 is 0 Å². The van der Waals surface area contributed by atoms with E-state index in [-0.39, 0.29) is 0 Å². The number of guanidine groups is 1. The summed E-state index contributed by atoms with van der Waals surface area (Å²) in [7, 11) is 0. The van der Waals surface area contributed by atoms with Gasteiger partial charge < -0.3 is 15.4 Å². The summed E-state index contributed by atoms with van der Waals surface area (Å²) in [6.07, 6.45) is 6.61. The highest BCUT2D eigenvalue weighted by molar-refractivity contribution is 5.80. The van der Waals surface area contributed by atoms with Crippen LogP contribution in [0, 0.1) is 5.92 Å². The molecule has 23 heavy (non-hydrogen) atoms.